The van der Waals surface area contributed by atoms with E-state index in [2.05, 4.69) is 36.8 Å². The summed E-state index contributed by atoms with van der Waals surface area (Å²) in [6, 6.07) is 13.8. The minimum Gasteiger partial charge on any atom is -0.309 e. The van der Waals surface area contributed by atoms with Crippen molar-refractivity contribution in [3.63, 3.8) is 0 Å². The number of amides is 1. The smallest absolute Gasteiger partial charge is 0.228 e. The van der Waals surface area contributed by atoms with Crippen molar-refractivity contribution in [2.24, 2.45) is 5.92 Å². The number of carbonyl (C=O) groups excluding carboxylic acids is 1. The molecule has 1 amide bonds. The highest BCUT2D eigenvalue weighted by atomic mass is 16.2. The van der Waals surface area contributed by atoms with Crippen molar-refractivity contribution in [3.8, 4) is 11.1 Å². The molecule has 1 saturated carbocycles. The third-order valence-electron chi connectivity index (χ3n) is 5.40. The number of nitrogens with one attached hydrogen (secondary N) is 1. The van der Waals surface area contributed by atoms with E-state index in [4.69, 9.17) is 0 Å². The van der Waals surface area contributed by atoms with Crippen LogP contribution in [-0.2, 0) is 11.3 Å². The quantitative estimate of drug-likeness (QED) is 0.478. The number of anilines is 1. The first kappa shape index (κ1) is 17.7. The molecule has 0 unspecified atom stereocenters. The first-order chi connectivity index (χ1) is 15.2. The summed E-state index contributed by atoms with van der Waals surface area (Å²) in [6.45, 7) is 0.463. The van der Waals surface area contributed by atoms with Gasteiger partial charge in [0, 0.05) is 23.9 Å². The molecule has 152 valence electrons. The zero-order valence-electron chi connectivity index (χ0n) is 16.5. The van der Waals surface area contributed by atoms with Crippen LogP contribution >= 0.6 is 0 Å². The van der Waals surface area contributed by atoms with Gasteiger partial charge >= 0.3 is 0 Å². The lowest BCUT2D eigenvalue weighted by atomic mass is 10.1. The zero-order valence-corrected chi connectivity index (χ0v) is 16.5. The summed E-state index contributed by atoms with van der Waals surface area (Å²) in [4.78, 5) is 20.6. The minimum absolute atomic E-state index is 0.0298. The molecule has 5 aromatic rings. The number of hydrogen-bond donors (Lipinski definition) is 1. The van der Waals surface area contributed by atoms with Crippen molar-refractivity contribution in [1.29, 1.82) is 0 Å². The topological polar surface area (TPSA) is 103 Å². The van der Waals surface area contributed by atoms with Gasteiger partial charge < -0.3 is 5.32 Å². The van der Waals surface area contributed by atoms with Gasteiger partial charge in [-0.2, -0.15) is 5.10 Å². The number of benzene rings is 1. The summed E-state index contributed by atoms with van der Waals surface area (Å²) in [5, 5.41) is 16.1. The lowest BCUT2D eigenvalue weighted by Crippen LogP contribution is -2.13. The highest BCUT2D eigenvalue weighted by Gasteiger charge is 2.30. The normalized spacial score (nSPS) is 13.7. The van der Waals surface area contributed by atoms with E-state index in [9.17, 15) is 4.79 Å². The van der Waals surface area contributed by atoms with Crippen LogP contribution in [0.4, 0.5) is 5.82 Å². The molecule has 1 aliphatic rings. The predicted octanol–water partition coefficient (Wildman–Crippen LogP) is 2.93. The molecule has 9 heteroatoms. The number of hydrogen-bond acceptors (Lipinski definition) is 6. The molecule has 1 aromatic carbocycles. The Morgan fingerprint density at radius 1 is 1.13 bits per heavy atom. The molecular weight excluding hydrogens is 392 g/mol. The first-order valence-corrected chi connectivity index (χ1v) is 10.1. The van der Waals surface area contributed by atoms with Gasteiger partial charge in [0.25, 0.3) is 0 Å². The van der Waals surface area contributed by atoms with E-state index >= 15 is 0 Å². The summed E-state index contributed by atoms with van der Waals surface area (Å²) >= 11 is 0. The molecule has 9 nitrogen and oxygen atoms in total. The van der Waals surface area contributed by atoms with Crippen LogP contribution in [0.25, 0.3) is 27.8 Å². The summed E-state index contributed by atoms with van der Waals surface area (Å²) in [7, 11) is 0. The standard InChI is InChI=1S/C22H18N8O/c31-22(14-3-4-14)25-20-13-30-21(24-20)8-6-17(27-30)12-29-19-10-15(5-7-18(19)26-28-29)16-2-1-9-23-11-16/h1-2,5-11,13-14H,3-4,12H2,(H,25,31). The number of fused-ring (bicyclic) bond motifs is 2. The fourth-order valence-electron chi connectivity index (χ4n) is 3.59. The zero-order chi connectivity index (χ0) is 20.8. The second-order valence-electron chi connectivity index (χ2n) is 7.71. The van der Waals surface area contributed by atoms with Gasteiger partial charge in [0.15, 0.2) is 11.5 Å². The Hall–Kier alpha value is -4.14. The Morgan fingerprint density at radius 2 is 2.06 bits per heavy atom. The van der Waals surface area contributed by atoms with Crippen LogP contribution in [0.1, 0.15) is 18.5 Å². The number of aromatic nitrogens is 7. The summed E-state index contributed by atoms with van der Waals surface area (Å²) in [5.74, 6) is 0.682. The van der Waals surface area contributed by atoms with E-state index in [1.807, 2.05) is 47.3 Å². The largest absolute Gasteiger partial charge is 0.309 e. The van der Waals surface area contributed by atoms with E-state index in [1.54, 1.807) is 16.9 Å². The van der Waals surface area contributed by atoms with E-state index in [0.717, 1.165) is 40.7 Å². The van der Waals surface area contributed by atoms with E-state index < -0.39 is 0 Å². The number of carbonyl (C=O) groups is 1. The highest BCUT2D eigenvalue weighted by molar-refractivity contribution is 5.93. The predicted molar refractivity (Wildman–Crippen MR) is 114 cm³/mol. The molecular formula is C22H18N8O. The number of imidazole rings is 1. The van der Waals surface area contributed by atoms with E-state index in [1.165, 1.54) is 0 Å². The van der Waals surface area contributed by atoms with Gasteiger partial charge in [-0.25, -0.2) is 14.2 Å². The summed E-state index contributed by atoms with van der Waals surface area (Å²) in [5.41, 5.74) is 5.32. The Balaban J connectivity index is 1.29. The van der Waals surface area contributed by atoms with Gasteiger partial charge in [-0.15, -0.1) is 5.10 Å². The average molecular weight is 410 g/mol. The van der Waals surface area contributed by atoms with Gasteiger partial charge in [0.1, 0.15) is 5.52 Å². The average Bonchev–Trinajstić information content (AvgIpc) is 3.47. The maximum absolute atomic E-state index is 12.0. The second kappa shape index (κ2) is 6.98. The molecule has 0 aliphatic heterocycles. The Morgan fingerprint density at radius 3 is 2.90 bits per heavy atom. The lowest BCUT2D eigenvalue weighted by Gasteiger charge is -2.05. The Kier molecular flexibility index (Phi) is 3.98. The summed E-state index contributed by atoms with van der Waals surface area (Å²) < 4.78 is 3.51. The lowest BCUT2D eigenvalue weighted by molar-refractivity contribution is -0.117. The number of rotatable bonds is 5. The van der Waals surface area contributed by atoms with Gasteiger partial charge in [0.2, 0.25) is 5.91 Å². The molecule has 1 fully saturated rings. The van der Waals surface area contributed by atoms with Gasteiger partial charge in [-0.3, -0.25) is 9.78 Å². The highest BCUT2D eigenvalue weighted by Crippen LogP contribution is 2.30. The van der Waals surface area contributed by atoms with Crippen molar-refractivity contribution >= 4 is 28.4 Å². The molecule has 4 aromatic heterocycles. The fourth-order valence-corrected chi connectivity index (χ4v) is 3.59. The summed E-state index contributed by atoms with van der Waals surface area (Å²) in [6.07, 6.45) is 7.24. The molecule has 4 heterocycles. The molecule has 0 bridgehead atoms. The molecule has 6 rings (SSSR count). The van der Waals surface area contributed by atoms with E-state index in [0.29, 0.717) is 18.0 Å². The number of pyridine rings is 1. The molecule has 0 atom stereocenters. The van der Waals surface area contributed by atoms with Crippen LogP contribution in [0.15, 0.2) is 61.1 Å². The van der Waals surface area contributed by atoms with Crippen molar-refractivity contribution in [3.05, 3.63) is 66.7 Å². The molecule has 31 heavy (non-hydrogen) atoms. The monoisotopic (exact) mass is 410 g/mol. The molecule has 0 saturated heterocycles. The van der Waals surface area contributed by atoms with Crippen molar-refractivity contribution in [1.82, 2.24) is 34.6 Å². The van der Waals surface area contributed by atoms with Crippen molar-refractivity contribution in [2.75, 3.05) is 5.32 Å². The molecule has 1 N–H and O–H groups in total. The SMILES string of the molecule is O=C(Nc1cn2nc(Cn3nnc4ccc(-c5cccnc5)cc43)ccc2n1)C1CC1. The van der Waals surface area contributed by atoms with Crippen LogP contribution < -0.4 is 5.32 Å². The third-order valence-corrected chi connectivity index (χ3v) is 5.40. The maximum atomic E-state index is 12.0. The first-order valence-electron chi connectivity index (χ1n) is 10.1. The Labute approximate surface area is 176 Å². The van der Waals surface area contributed by atoms with Crippen LogP contribution in [0, 0.1) is 5.92 Å². The fraction of sp³-hybridized carbons (Fsp3) is 0.182. The Bertz CT molecular complexity index is 1420. The van der Waals surface area contributed by atoms with Gasteiger partial charge in [-0.1, -0.05) is 17.3 Å². The van der Waals surface area contributed by atoms with Crippen LogP contribution in [-0.4, -0.2) is 40.5 Å². The van der Waals surface area contributed by atoms with Crippen molar-refractivity contribution in [2.45, 2.75) is 19.4 Å². The van der Waals surface area contributed by atoms with E-state index in [-0.39, 0.29) is 11.8 Å². The molecule has 0 spiro atoms. The van der Waals surface area contributed by atoms with Crippen LogP contribution in [0.3, 0.4) is 0 Å². The molecule has 0 radical (unpaired) electrons. The van der Waals surface area contributed by atoms with Crippen LogP contribution in [0.2, 0.25) is 0 Å². The second-order valence-corrected chi connectivity index (χ2v) is 7.71. The van der Waals surface area contributed by atoms with Gasteiger partial charge in [0.05, 0.1) is 24.0 Å². The molecule has 1 aliphatic carbocycles. The maximum Gasteiger partial charge on any atom is 0.228 e. The third kappa shape index (κ3) is 3.39. The van der Waals surface area contributed by atoms with Gasteiger partial charge in [-0.05, 0) is 48.7 Å². The minimum atomic E-state index is 0.0298. The van der Waals surface area contributed by atoms with Crippen LogP contribution in [0.5, 0.6) is 0 Å². The number of nitrogens with zero attached hydrogens (tertiary/aromatic N) is 7. The van der Waals surface area contributed by atoms with Crippen molar-refractivity contribution < 1.29 is 4.79 Å².